The first-order chi connectivity index (χ1) is 10.8. The highest BCUT2D eigenvalue weighted by atomic mass is 79.9. The normalized spacial score (nSPS) is 12.6. The summed E-state index contributed by atoms with van der Waals surface area (Å²) in [6, 6.07) is 14.6. The first-order valence-electron chi connectivity index (χ1n) is 6.72. The average molecular weight is 437 g/mol. The molecule has 3 nitrogen and oxygen atoms in total. The Morgan fingerprint density at radius 3 is 2.26 bits per heavy atom. The van der Waals surface area contributed by atoms with Gasteiger partial charge in [-0.2, -0.15) is 0 Å². The number of amides is 1. The van der Waals surface area contributed by atoms with Crippen molar-refractivity contribution in [1.82, 2.24) is 5.32 Å². The van der Waals surface area contributed by atoms with Gasteiger partial charge in [-0.3, -0.25) is 4.79 Å². The highest BCUT2D eigenvalue weighted by Gasteiger charge is 2.34. The molecule has 0 fully saturated rings. The third kappa shape index (κ3) is 5.28. The fourth-order valence-electron chi connectivity index (χ4n) is 1.87. The molecule has 0 aromatic heterocycles. The lowest BCUT2D eigenvalue weighted by Gasteiger charge is -2.27. The summed E-state index contributed by atoms with van der Waals surface area (Å²) in [7, 11) is 0. The van der Waals surface area contributed by atoms with Crippen LogP contribution in [0.15, 0.2) is 53.0 Å². The summed E-state index contributed by atoms with van der Waals surface area (Å²) >= 11 is 21.3. The second kappa shape index (κ2) is 7.75. The molecule has 1 amide bonds. The highest BCUT2D eigenvalue weighted by Crippen LogP contribution is 2.31. The van der Waals surface area contributed by atoms with E-state index < -0.39 is 9.96 Å². The van der Waals surface area contributed by atoms with Crippen molar-refractivity contribution in [2.75, 3.05) is 5.32 Å². The van der Waals surface area contributed by atoms with Crippen LogP contribution in [0.3, 0.4) is 0 Å². The van der Waals surface area contributed by atoms with Crippen molar-refractivity contribution >= 4 is 62.3 Å². The molecule has 2 aromatic carbocycles. The van der Waals surface area contributed by atoms with E-state index in [1.807, 2.05) is 37.3 Å². The number of aryl methyl sites for hydroxylation is 1. The molecule has 1 atom stereocenters. The minimum atomic E-state index is -1.72. The van der Waals surface area contributed by atoms with Gasteiger partial charge < -0.3 is 10.6 Å². The van der Waals surface area contributed by atoms with Crippen LogP contribution in [0.1, 0.15) is 15.9 Å². The van der Waals surface area contributed by atoms with Gasteiger partial charge in [-0.1, -0.05) is 64.6 Å². The highest BCUT2D eigenvalue weighted by molar-refractivity contribution is 9.10. The van der Waals surface area contributed by atoms with Crippen molar-refractivity contribution in [3.05, 3.63) is 64.1 Å². The van der Waals surface area contributed by atoms with Crippen LogP contribution in [0, 0.1) is 6.92 Å². The van der Waals surface area contributed by atoms with Crippen molar-refractivity contribution in [2.24, 2.45) is 0 Å². The predicted molar refractivity (Wildman–Crippen MR) is 100 cm³/mol. The van der Waals surface area contributed by atoms with Gasteiger partial charge in [0, 0.05) is 10.2 Å². The van der Waals surface area contributed by atoms with Crippen molar-refractivity contribution in [1.29, 1.82) is 0 Å². The van der Waals surface area contributed by atoms with E-state index in [1.54, 1.807) is 18.2 Å². The molecule has 7 heteroatoms. The number of alkyl halides is 3. The molecule has 0 aliphatic heterocycles. The zero-order chi connectivity index (χ0) is 17.0. The fraction of sp³-hybridized carbons (Fsp3) is 0.188. The molecule has 23 heavy (non-hydrogen) atoms. The monoisotopic (exact) mass is 434 g/mol. The average Bonchev–Trinajstić information content (AvgIpc) is 2.48. The van der Waals surface area contributed by atoms with Crippen LogP contribution in [0.4, 0.5) is 5.69 Å². The van der Waals surface area contributed by atoms with Gasteiger partial charge in [-0.25, -0.2) is 0 Å². The number of carbonyl (C=O) groups is 1. The fourth-order valence-corrected chi connectivity index (χ4v) is 2.66. The summed E-state index contributed by atoms with van der Waals surface area (Å²) in [6.45, 7) is 1.98. The lowest BCUT2D eigenvalue weighted by molar-refractivity contribution is 0.0941. The Morgan fingerprint density at radius 2 is 1.70 bits per heavy atom. The number of hydrogen-bond donors (Lipinski definition) is 2. The minimum absolute atomic E-state index is 0.353. The van der Waals surface area contributed by atoms with E-state index in [1.165, 1.54) is 0 Å². The van der Waals surface area contributed by atoms with Crippen molar-refractivity contribution in [2.45, 2.75) is 16.9 Å². The van der Waals surface area contributed by atoms with Crippen molar-refractivity contribution in [3.8, 4) is 0 Å². The Kier molecular flexibility index (Phi) is 6.20. The van der Waals surface area contributed by atoms with Crippen LogP contribution in [0.5, 0.6) is 0 Å². The van der Waals surface area contributed by atoms with Gasteiger partial charge in [0.05, 0.1) is 5.56 Å². The maximum Gasteiger partial charge on any atom is 0.254 e. The van der Waals surface area contributed by atoms with Crippen LogP contribution in [-0.2, 0) is 0 Å². The van der Waals surface area contributed by atoms with E-state index in [4.69, 9.17) is 34.8 Å². The van der Waals surface area contributed by atoms with Crippen LogP contribution < -0.4 is 10.6 Å². The smallest absolute Gasteiger partial charge is 0.254 e. The van der Waals surface area contributed by atoms with Crippen molar-refractivity contribution in [3.63, 3.8) is 0 Å². The molecule has 0 aliphatic carbocycles. The first kappa shape index (κ1) is 18.4. The molecule has 2 rings (SSSR count). The molecule has 0 radical (unpaired) electrons. The number of carbonyl (C=O) groups excluding carboxylic acids is 1. The van der Waals surface area contributed by atoms with Gasteiger partial charge in [0.25, 0.3) is 5.91 Å². The molecule has 1 unspecified atom stereocenters. The summed E-state index contributed by atoms with van der Waals surface area (Å²) in [5, 5.41) is 5.72. The number of hydrogen-bond acceptors (Lipinski definition) is 2. The van der Waals surface area contributed by atoms with E-state index in [2.05, 4.69) is 26.6 Å². The third-order valence-corrected chi connectivity index (χ3v) is 4.43. The Morgan fingerprint density at radius 1 is 1.09 bits per heavy atom. The van der Waals surface area contributed by atoms with E-state index >= 15 is 0 Å². The first-order valence-corrected chi connectivity index (χ1v) is 8.65. The maximum absolute atomic E-state index is 12.4. The van der Waals surface area contributed by atoms with E-state index in [9.17, 15) is 4.79 Å². The summed E-state index contributed by atoms with van der Waals surface area (Å²) < 4.78 is -1.06. The zero-order valence-electron chi connectivity index (χ0n) is 12.1. The number of nitrogens with one attached hydrogen (secondary N) is 2. The molecular weight excluding hydrogens is 422 g/mol. The lowest BCUT2D eigenvalue weighted by Crippen LogP contribution is -2.49. The molecule has 122 valence electrons. The standard InChI is InChI=1S/C16H14BrCl3N2O/c1-10-6-8-11(9-7-10)21-15(16(18,19)20)22-14(23)12-4-2-3-5-13(12)17/h2-9,15,21H,1H3,(H,22,23). The largest absolute Gasteiger partial charge is 0.362 e. The van der Waals surface area contributed by atoms with Gasteiger partial charge in [0.1, 0.15) is 6.17 Å². The Labute approximate surface area is 158 Å². The maximum atomic E-state index is 12.4. The van der Waals surface area contributed by atoms with E-state index in [-0.39, 0.29) is 5.91 Å². The van der Waals surface area contributed by atoms with Gasteiger partial charge in [0.15, 0.2) is 0 Å². The number of anilines is 1. The molecule has 0 saturated heterocycles. The van der Waals surface area contributed by atoms with Gasteiger partial charge in [-0.05, 0) is 47.1 Å². The summed E-state index contributed by atoms with van der Waals surface area (Å²) in [6.07, 6.45) is -0.894. The summed E-state index contributed by atoms with van der Waals surface area (Å²) in [5.74, 6) is -0.353. The molecule has 0 spiro atoms. The molecule has 2 N–H and O–H groups in total. The predicted octanol–water partition coefficient (Wildman–Crippen LogP) is 5.30. The van der Waals surface area contributed by atoms with Gasteiger partial charge >= 0.3 is 0 Å². The van der Waals surface area contributed by atoms with Gasteiger partial charge in [0.2, 0.25) is 3.79 Å². The Hall–Kier alpha value is -0.940. The SMILES string of the molecule is Cc1ccc(NC(NC(=O)c2ccccc2Br)C(Cl)(Cl)Cl)cc1. The number of halogens is 4. The Bertz CT molecular complexity index is 686. The van der Waals surface area contributed by atoms with Crippen LogP contribution in [0.2, 0.25) is 0 Å². The molecule has 2 aromatic rings. The molecule has 0 heterocycles. The number of benzene rings is 2. The zero-order valence-corrected chi connectivity index (χ0v) is 16.0. The lowest BCUT2D eigenvalue weighted by atomic mass is 10.2. The van der Waals surface area contributed by atoms with Gasteiger partial charge in [-0.15, -0.1) is 0 Å². The third-order valence-electron chi connectivity index (χ3n) is 3.08. The Balaban J connectivity index is 2.18. The summed E-state index contributed by atoms with van der Waals surface area (Å²) in [5.41, 5.74) is 2.30. The molecule has 0 aliphatic rings. The topological polar surface area (TPSA) is 41.1 Å². The van der Waals surface area contributed by atoms with E-state index in [0.29, 0.717) is 10.0 Å². The van der Waals surface area contributed by atoms with E-state index in [0.717, 1.165) is 11.3 Å². The van der Waals surface area contributed by atoms with Crippen LogP contribution in [-0.4, -0.2) is 15.9 Å². The molecular formula is C16H14BrCl3N2O. The second-order valence-electron chi connectivity index (χ2n) is 4.94. The number of rotatable bonds is 4. The molecule has 0 bridgehead atoms. The van der Waals surface area contributed by atoms with Crippen LogP contribution >= 0.6 is 50.7 Å². The quantitative estimate of drug-likeness (QED) is 0.505. The van der Waals surface area contributed by atoms with Crippen LogP contribution in [0.25, 0.3) is 0 Å². The molecule has 0 saturated carbocycles. The minimum Gasteiger partial charge on any atom is -0.362 e. The van der Waals surface area contributed by atoms with Crippen molar-refractivity contribution < 1.29 is 4.79 Å². The summed E-state index contributed by atoms with van der Waals surface area (Å²) in [4.78, 5) is 12.4. The second-order valence-corrected chi connectivity index (χ2v) is 8.16.